The molecule has 0 aliphatic carbocycles. The van der Waals surface area contributed by atoms with Gasteiger partial charge in [-0.3, -0.25) is 0 Å². The van der Waals surface area contributed by atoms with Crippen molar-refractivity contribution in [2.24, 2.45) is 11.1 Å². The molecular formula is C8H16N2. The van der Waals surface area contributed by atoms with E-state index in [2.05, 4.69) is 13.0 Å². The molecule has 0 heterocycles. The molecule has 2 nitrogen and oxygen atoms in total. The highest BCUT2D eigenvalue weighted by Gasteiger charge is 2.20. The van der Waals surface area contributed by atoms with Crippen LogP contribution in [0.2, 0.25) is 0 Å². The maximum Gasteiger partial charge on any atom is 0.0700 e. The van der Waals surface area contributed by atoms with Gasteiger partial charge in [0.05, 0.1) is 11.5 Å². The molecule has 0 aliphatic heterocycles. The Morgan fingerprint density at radius 1 is 1.60 bits per heavy atom. The lowest BCUT2D eigenvalue weighted by molar-refractivity contribution is 0.401. The minimum absolute atomic E-state index is 0.282. The van der Waals surface area contributed by atoms with E-state index in [0.29, 0.717) is 6.54 Å². The van der Waals surface area contributed by atoms with E-state index >= 15 is 0 Å². The molecule has 0 bridgehead atoms. The summed E-state index contributed by atoms with van der Waals surface area (Å²) in [7, 11) is 0. The molecule has 0 aromatic carbocycles. The fourth-order valence-electron chi connectivity index (χ4n) is 0.771. The third-order valence-corrected chi connectivity index (χ3v) is 1.80. The summed E-state index contributed by atoms with van der Waals surface area (Å²) < 4.78 is 0. The highest BCUT2D eigenvalue weighted by Crippen LogP contribution is 2.20. The largest absolute Gasteiger partial charge is 0.329 e. The topological polar surface area (TPSA) is 49.8 Å². The minimum Gasteiger partial charge on any atom is -0.329 e. The second kappa shape index (κ2) is 4.29. The van der Waals surface area contributed by atoms with E-state index in [0.717, 1.165) is 19.3 Å². The maximum absolute atomic E-state index is 8.68. The lowest BCUT2D eigenvalue weighted by atomic mass is 9.87. The van der Waals surface area contributed by atoms with Crippen molar-refractivity contribution in [3.8, 4) is 6.07 Å². The second-order valence-electron chi connectivity index (χ2n) is 2.98. The summed E-state index contributed by atoms with van der Waals surface area (Å²) in [6, 6.07) is 2.24. The number of nitriles is 1. The predicted octanol–water partition coefficient (Wildman–Crippen LogP) is 1.67. The molecule has 1 unspecified atom stereocenters. The van der Waals surface area contributed by atoms with Crippen LogP contribution in [0.25, 0.3) is 0 Å². The summed E-state index contributed by atoms with van der Waals surface area (Å²) in [6.45, 7) is 4.51. The summed E-state index contributed by atoms with van der Waals surface area (Å²) in [5.41, 5.74) is 5.15. The normalized spacial score (nSPS) is 15.8. The van der Waals surface area contributed by atoms with E-state index in [1.807, 2.05) is 6.92 Å². The Kier molecular flexibility index (Phi) is 4.06. The molecule has 0 spiro atoms. The van der Waals surface area contributed by atoms with Gasteiger partial charge in [-0.05, 0) is 13.3 Å². The van der Waals surface area contributed by atoms with Gasteiger partial charge in [0, 0.05) is 6.54 Å². The van der Waals surface area contributed by atoms with Crippen molar-refractivity contribution in [3.63, 3.8) is 0 Å². The Morgan fingerprint density at radius 3 is 2.50 bits per heavy atom. The van der Waals surface area contributed by atoms with Crippen LogP contribution in [0.4, 0.5) is 0 Å². The Balaban J connectivity index is 3.72. The van der Waals surface area contributed by atoms with Crippen LogP contribution < -0.4 is 5.73 Å². The fraction of sp³-hybridized carbons (Fsp3) is 0.875. The van der Waals surface area contributed by atoms with Crippen molar-refractivity contribution < 1.29 is 0 Å². The fourth-order valence-corrected chi connectivity index (χ4v) is 0.771. The molecule has 0 radical (unpaired) electrons. The number of nitrogens with two attached hydrogens (primary N) is 1. The molecule has 0 fully saturated rings. The first-order chi connectivity index (χ1) is 4.68. The van der Waals surface area contributed by atoms with E-state index in [1.165, 1.54) is 0 Å². The lowest BCUT2D eigenvalue weighted by Gasteiger charge is -2.17. The summed E-state index contributed by atoms with van der Waals surface area (Å²) >= 11 is 0. The quantitative estimate of drug-likeness (QED) is 0.645. The number of rotatable bonds is 4. The van der Waals surface area contributed by atoms with E-state index in [4.69, 9.17) is 11.0 Å². The van der Waals surface area contributed by atoms with Gasteiger partial charge in [0.2, 0.25) is 0 Å². The molecule has 10 heavy (non-hydrogen) atoms. The van der Waals surface area contributed by atoms with Gasteiger partial charge in [-0.1, -0.05) is 19.8 Å². The van der Waals surface area contributed by atoms with Crippen molar-refractivity contribution in [3.05, 3.63) is 0 Å². The average molecular weight is 140 g/mol. The molecule has 1 atom stereocenters. The van der Waals surface area contributed by atoms with Gasteiger partial charge in [0.1, 0.15) is 0 Å². The van der Waals surface area contributed by atoms with Crippen molar-refractivity contribution >= 4 is 0 Å². The van der Waals surface area contributed by atoms with E-state index < -0.39 is 0 Å². The van der Waals surface area contributed by atoms with E-state index in [1.54, 1.807) is 0 Å². The van der Waals surface area contributed by atoms with Crippen molar-refractivity contribution in [1.82, 2.24) is 0 Å². The smallest absolute Gasteiger partial charge is 0.0700 e. The second-order valence-corrected chi connectivity index (χ2v) is 2.98. The van der Waals surface area contributed by atoms with Crippen LogP contribution in [0.5, 0.6) is 0 Å². The molecule has 2 heteroatoms. The third kappa shape index (κ3) is 2.84. The zero-order chi connectivity index (χ0) is 8.04. The van der Waals surface area contributed by atoms with E-state index in [-0.39, 0.29) is 5.41 Å². The number of hydrogen-bond donors (Lipinski definition) is 1. The average Bonchev–Trinajstić information content (AvgIpc) is 2.00. The number of nitrogens with zero attached hydrogens (tertiary/aromatic N) is 1. The molecule has 0 saturated heterocycles. The summed E-state index contributed by atoms with van der Waals surface area (Å²) in [4.78, 5) is 0. The Hall–Kier alpha value is -0.550. The molecule has 58 valence electrons. The van der Waals surface area contributed by atoms with Gasteiger partial charge in [-0.15, -0.1) is 0 Å². The molecular weight excluding hydrogens is 124 g/mol. The van der Waals surface area contributed by atoms with E-state index in [9.17, 15) is 0 Å². The van der Waals surface area contributed by atoms with Crippen LogP contribution in [0, 0.1) is 16.7 Å². The Morgan fingerprint density at radius 2 is 2.20 bits per heavy atom. The molecule has 0 amide bonds. The zero-order valence-corrected chi connectivity index (χ0v) is 6.85. The predicted molar refractivity (Wildman–Crippen MR) is 42.3 cm³/mol. The highest BCUT2D eigenvalue weighted by atomic mass is 14.6. The number of unbranched alkanes of at least 4 members (excludes halogenated alkanes) is 1. The molecule has 0 aromatic heterocycles. The first kappa shape index (κ1) is 9.45. The first-order valence-corrected chi connectivity index (χ1v) is 3.80. The summed E-state index contributed by atoms with van der Waals surface area (Å²) in [6.07, 6.45) is 3.16. The number of hydrogen-bond acceptors (Lipinski definition) is 2. The molecule has 0 aliphatic rings. The van der Waals surface area contributed by atoms with Gasteiger partial charge in [-0.2, -0.15) is 5.26 Å². The SMILES string of the molecule is CCCCC(C)(C#N)CN. The highest BCUT2D eigenvalue weighted by molar-refractivity contribution is 4.95. The Bertz CT molecular complexity index is 126. The third-order valence-electron chi connectivity index (χ3n) is 1.80. The van der Waals surface area contributed by atoms with Crippen LogP contribution in [0.3, 0.4) is 0 Å². The first-order valence-electron chi connectivity index (χ1n) is 3.80. The lowest BCUT2D eigenvalue weighted by Crippen LogP contribution is -2.25. The molecule has 0 rings (SSSR count). The minimum atomic E-state index is -0.282. The van der Waals surface area contributed by atoms with Gasteiger partial charge >= 0.3 is 0 Å². The van der Waals surface area contributed by atoms with Crippen LogP contribution in [0.1, 0.15) is 33.1 Å². The molecule has 0 aromatic rings. The maximum atomic E-state index is 8.68. The Labute approximate surface area is 63.0 Å². The van der Waals surface area contributed by atoms with Crippen LogP contribution in [-0.4, -0.2) is 6.54 Å². The standard InChI is InChI=1S/C8H16N2/c1-3-4-5-8(2,6-9)7-10/h3-6,9H2,1-2H3. The van der Waals surface area contributed by atoms with Crippen molar-refractivity contribution in [2.75, 3.05) is 6.54 Å². The van der Waals surface area contributed by atoms with Crippen molar-refractivity contribution in [2.45, 2.75) is 33.1 Å². The van der Waals surface area contributed by atoms with Crippen LogP contribution >= 0.6 is 0 Å². The van der Waals surface area contributed by atoms with Gasteiger partial charge in [0.15, 0.2) is 0 Å². The monoisotopic (exact) mass is 140 g/mol. The zero-order valence-electron chi connectivity index (χ0n) is 6.85. The van der Waals surface area contributed by atoms with Gasteiger partial charge < -0.3 is 5.73 Å². The van der Waals surface area contributed by atoms with Crippen LogP contribution in [-0.2, 0) is 0 Å². The molecule has 2 N–H and O–H groups in total. The summed E-state index contributed by atoms with van der Waals surface area (Å²) in [5, 5.41) is 8.68. The van der Waals surface area contributed by atoms with Crippen LogP contribution in [0.15, 0.2) is 0 Å². The summed E-state index contributed by atoms with van der Waals surface area (Å²) in [5.74, 6) is 0. The van der Waals surface area contributed by atoms with Gasteiger partial charge in [0.25, 0.3) is 0 Å². The van der Waals surface area contributed by atoms with Crippen molar-refractivity contribution in [1.29, 1.82) is 5.26 Å². The van der Waals surface area contributed by atoms with Gasteiger partial charge in [-0.25, -0.2) is 0 Å². The molecule has 0 saturated carbocycles.